The van der Waals surface area contributed by atoms with Crippen LogP contribution < -0.4 is 10.0 Å². The van der Waals surface area contributed by atoms with E-state index in [1.54, 1.807) is 19.1 Å². The zero-order chi connectivity index (χ0) is 17.7. The van der Waals surface area contributed by atoms with Gasteiger partial charge in [-0.25, -0.2) is 13.1 Å². The summed E-state index contributed by atoms with van der Waals surface area (Å²) in [6, 6.07) is 5.61. The molecule has 0 aliphatic rings. The first-order valence-electron chi connectivity index (χ1n) is 7.87. The molecule has 1 aromatic carbocycles. The lowest BCUT2D eigenvalue weighted by Gasteiger charge is -2.09. The van der Waals surface area contributed by atoms with Crippen molar-refractivity contribution in [1.29, 1.82) is 0 Å². The normalized spacial score (nSPS) is 12.6. The molecule has 2 rings (SSSR count). The van der Waals surface area contributed by atoms with E-state index in [0.29, 0.717) is 35.0 Å². The summed E-state index contributed by atoms with van der Waals surface area (Å²) in [5.74, 6) is 1.04. The van der Waals surface area contributed by atoms with Gasteiger partial charge < -0.3 is 9.84 Å². The van der Waals surface area contributed by atoms with Gasteiger partial charge in [-0.15, -0.1) is 12.4 Å². The molecule has 9 heteroatoms. The van der Waals surface area contributed by atoms with Gasteiger partial charge in [-0.1, -0.05) is 17.3 Å². The van der Waals surface area contributed by atoms with E-state index in [-0.39, 0.29) is 25.0 Å². The Balaban J connectivity index is 0.00000312. The van der Waals surface area contributed by atoms with Crippen molar-refractivity contribution in [2.75, 3.05) is 13.6 Å². The van der Waals surface area contributed by atoms with Crippen LogP contribution in [0.5, 0.6) is 0 Å². The second-order valence-electron chi connectivity index (χ2n) is 5.91. The lowest BCUT2D eigenvalue weighted by atomic mass is 10.2. The largest absolute Gasteiger partial charge is 0.339 e. The Kier molecular flexibility index (Phi) is 8.01. The molecule has 0 radical (unpaired) electrons. The number of rotatable bonds is 8. The number of halogens is 1. The first-order chi connectivity index (χ1) is 11.3. The van der Waals surface area contributed by atoms with Crippen molar-refractivity contribution in [2.45, 2.75) is 44.6 Å². The summed E-state index contributed by atoms with van der Waals surface area (Å²) >= 11 is 0. The van der Waals surface area contributed by atoms with Gasteiger partial charge in [0, 0.05) is 25.4 Å². The fourth-order valence-corrected chi connectivity index (χ4v) is 3.58. The number of nitrogens with one attached hydrogen (secondary N) is 2. The van der Waals surface area contributed by atoms with Crippen LogP contribution in [-0.4, -0.2) is 38.2 Å². The van der Waals surface area contributed by atoms with Crippen LogP contribution in [0.15, 0.2) is 27.6 Å². The van der Waals surface area contributed by atoms with E-state index < -0.39 is 10.0 Å². The third-order valence-corrected chi connectivity index (χ3v) is 5.36. The van der Waals surface area contributed by atoms with Crippen molar-refractivity contribution in [3.8, 4) is 0 Å². The molecule has 140 valence electrons. The molecule has 2 N–H and O–H groups in total. The van der Waals surface area contributed by atoms with Crippen LogP contribution in [0.4, 0.5) is 0 Å². The molecule has 1 unspecified atom stereocenters. The number of nitrogens with zero attached hydrogens (tertiary/aromatic N) is 2. The third kappa shape index (κ3) is 6.07. The van der Waals surface area contributed by atoms with Crippen LogP contribution >= 0.6 is 12.4 Å². The zero-order valence-electron chi connectivity index (χ0n) is 14.9. The van der Waals surface area contributed by atoms with Gasteiger partial charge in [0.05, 0.1) is 4.90 Å². The number of hydrogen-bond acceptors (Lipinski definition) is 6. The molecule has 0 saturated heterocycles. The van der Waals surface area contributed by atoms with Gasteiger partial charge in [-0.3, -0.25) is 0 Å². The van der Waals surface area contributed by atoms with Crippen molar-refractivity contribution in [2.24, 2.45) is 0 Å². The quantitative estimate of drug-likeness (QED) is 0.715. The lowest BCUT2D eigenvalue weighted by molar-refractivity contribution is 0.371. The van der Waals surface area contributed by atoms with Gasteiger partial charge in [0.15, 0.2) is 5.82 Å². The Morgan fingerprint density at radius 1 is 1.28 bits per heavy atom. The highest BCUT2D eigenvalue weighted by molar-refractivity contribution is 7.89. The van der Waals surface area contributed by atoms with Gasteiger partial charge in [-0.05, 0) is 45.0 Å². The monoisotopic (exact) mass is 388 g/mol. The summed E-state index contributed by atoms with van der Waals surface area (Å²) in [6.07, 6.45) is 1.01. The first kappa shape index (κ1) is 21.6. The Morgan fingerprint density at radius 2 is 2.00 bits per heavy atom. The van der Waals surface area contributed by atoms with Crippen molar-refractivity contribution in [1.82, 2.24) is 20.2 Å². The fraction of sp³-hybridized carbons (Fsp3) is 0.500. The molecule has 0 aliphatic heterocycles. The molecule has 0 fully saturated rings. The van der Waals surface area contributed by atoms with E-state index in [0.717, 1.165) is 5.56 Å². The van der Waals surface area contributed by atoms with Crippen LogP contribution in [0.2, 0.25) is 0 Å². The molecule has 1 atom stereocenters. The lowest BCUT2D eigenvalue weighted by Crippen LogP contribution is -2.27. The number of aryl methyl sites for hydroxylation is 2. The van der Waals surface area contributed by atoms with Crippen LogP contribution in [0.25, 0.3) is 0 Å². The van der Waals surface area contributed by atoms with Crippen molar-refractivity contribution in [3.05, 3.63) is 41.0 Å². The maximum atomic E-state index is 12.4. The molecule has 25 heavy (non-hydrogen) atoms. The zero-order valence-corrected chi connectivity index (χ0v) is 16.5. The molecule has 1 aromatic heterocycles. The number of aromatic nitrogens is 2. The van der Waals surface area contributed by atoms with Gasteiger partial charge in [0.2, 0.25) is 15.9 Å². The molecule has 0 aliphatic carbocycles. The van der Waals surface area contributed by atoms with E-state index in [9.17, 15) is 8.42 Å². The smallest absolute Gasteiger partial charge is 0.240 e. The minimum absolute atomic E-state index is 0. The summed E-state index contributed by atoms with van der Waals surface area (Å²) in [7, 11) is -1.68. The topological polar surface area (TPSA) is 97.1 Å². The van der Waals surface area contributed by atoms with Gasteiger partial charge in [0.25, 0.3) is 0 Å². The van der Waals surface area contributed by atoms with Gasteiger partial charge in [0.1, 0.15) is 0 Å². The van der Waals surface area contributed by atoms with Crippen LogP contribution in [0.1, 0.15) is 29.8 Å². The molecular formula is C16H25ClN4O3S. The number of benzene rings is 1. The molecule has 7 nitrogen and oxygen atoms in total. The molecule has 0 bridgehead atoms. The predicted molar refractivity (Wildman–Crippen MR) is 98.6 cm³/mol. The summed E-state index contributed by atoms with van der Waals surface area (Å²) in [4.78, 5) is 4.57. The van der Waals surface area contributed by atoms with Crippen molar-refractivity contribution in [3.63, 3.8) is 0 Å². The SMILES string of the molecule is CNC(C)Cc1noc(CCNS(=O)(=O)c2cc(C)ccc2C)n1.Cl. The van der Waals surface area contributed by atoms with E-state index in [1.807, 2.05) is 27.0 Å². The molecule has 2 aromatic rings. The number of likely N-dealkylation sites (N-methyl/N-ethyl adjacent to an activating group) is 1. The van der Waals surface area contributed by atoms with E-state index in [1.165, 1.54) is 0 Å². The molecule has 0 saturated carbocycles. The highest BCUT2D eigenvalue weighted by Gasteiger charge is 2.17. The van der Waals surface area contributed by atoms with Crippen LogP contribution in [0, 0.1) is 13.8 Å². The van der Waals surface area contributed by atoms with Crippen LogP contribution in [-0.2, 0) is 22.9 Å². The second kappa shape index (κ2) is 9.28. The minimum atomic E-state index is -3.55. The second-order valence-corrected chi connectivity index (χ2v) is 7.65. The first-order valence-corrected chi connectivity index (χ1v) is 9.36. The third-order valence-electron chi connectivity index (χ3n) is 3.76. The Hall–Kier alpha value is -1.48. The fourth-order valence-electron chi connectivity index (χ4n) is 2.22. The molecular weight excluding hydrogens is 364 g/mol. The predicted octanol–water partition coefficient (Wildman–Crippen LogP) is 1.78. The van der Waals surface area contributed by atoms with E-state index >= 15 is 0 Å². The van der Waals surface area contributed by atoms with E-state index in [4.69, 9.17) is 4.52 Å². The standard InChI is InChI=1S/C16H24N4O3S.ClH/c1-11-5-6-12(2)14(9-11)24(21,22)18-8-7-16-19-15(20-23-16)10-13(3)17-4;/h5-6,9,13,17-18H,7-8,10H2,1-4H3;1H. The maximum absolute atomic E-state index is 12.4. The average Bonchev–Trinajstić information content (AvgIpc) is 2.96. The van der Waals surface area contributed by atoms with E-state index in [2.05, 4.69) is 20.2 Å². The number of sulfonamides is 1. The number of hydrogen-bond donors (Lipinski definition) is 2. The van der Waals surface area contributed by atoms with Gasteiger partial charge in [-0.2, -0.15) is 4.98 Å². The van der Waals surface area contributed by atoms with Gasteiger partial charge >= 0.3 is 0 Å². The Morgan fingerprint density at radius 3 is 2.68 bits per heavy atom. The minimum Gasteiger partial charge on any atom is -0.339 e. The Labute approximate surface area is 155 Å². The average molecular weight is 389 g/mol. The summed E-state index contributed by atoms with van der Waals surface area (Å²) in [6.45, 7) is 5.87. The molecule has 0 spiro atoms. The Bertz CT molecular complexity index is 792. The van der Waals surface area contributed by atoms with Crippen LogP contribution in [0.3, 0.4) is 0 Å². The summed E-state index contributed by atoms with van der Waals surface area (Å²) < 4.78 is 32.5. The summed E-state index contributed by atoms with van der Waals surface area (Å²) in [5, 5.41) is 7.00. The molecule has 1 heterocycles. The van der Waals surface area contributed by atoms with Crippen molar-refractivity contribution >= 4 is 22.4 Å². The highest BCUT2D eigenvalue weighted by atomic mass is 35.5. The maximum Gasteiger partial charge on any atom is 0.240 e. The summed E-state index contributed by atoms with van der Waals surface area (Å²) in [5.41, 5.74) is 1.62. The van der Waals surface area contributed by atoms with Crippen molar-refractivity contribution < 1.29 is 12.9 Å². The molecule has 0 amide bonds. The highest BCUT2D eigenvalue weighted by Crippen LogP contribution is 2.16.